The summed E-state index contributed by atoms with van der Waals surface area (Å²) in [5.74, 6) is -1.60. The van der Waals surface area contributed by atoms with E-state index in [1.54, 1.807) is 0 Å². The summed E-state index contributed by atoms with van der Waals surface area (Å²) in [7, 11) is 5.48. The number of carbonyl (C=O) groups excluding carboxylic acids is 2. The van der Waals surface area contributed by atoms with Crippen LogP contribution in [-0.4, -0.2) is 80.6 Å². The molecule has 0 spiro atoms. The summed E-state index contributed by atoms with van der Waals surface area (Å²) >= 11 is 0. The zero-order valence-electron chi connectivity index (χ0n) is 34.6. The van der Waals surface area contributed by atoms with Crippen LogP contribution in [0.3, 0.4) is 0 Å². The summed E-state index contributed by atoms with van der Waals surface area (Å²) in [5.41, 5.74) is 0. The summed E-state index contributed by atoms with van der Waals surface area (Å²) in [5, 5.41) is 9.60. The highest BCUT2D eigenvalue weighted by atomic mass is 16.6. The lowest BCUT2D eigenvalue weighted by atomic mass is 10.1. The van der Waals surface area contributed by atoms with E-state index in [1.807, 2.05) is 33.3 Å². The molecule has 8 heteroatoms. The molecule has 0 aliphatic rings. The smallest absolute Gasteiger partial charge is 0.362 e. The van der Waals surface area contributed by atoms with Crippen LogP contribution >= 0.6 is 0 Å². The quantitative estimate of drug-likeness (QED) is 0.0298. The van der Waals surface area contributed by atoms with Crippen LogP contribution < -0.4 is 0 Å². The SMILES string of the molecule is CC/C=C/C/C=C/C/C=C/C/C=C/C/C=C/C/C=C/CCC(=O)OC(COCCC(C(=O)O)[N+](C)(C)C)COC(=O)CCCCCCC/C=C/CCCC. The molecule has 2 unspecified atom stereocenters. The predicted octanol–water partition coefficient (Wildman–Crippen LogP) is 11.0. The first-order valence-corrected chi connectivity index (χ1v) is 20.6. The molecule has 54 heavy (non-hydrogen) atoms. The highest BCUT2D eigenvalue weighted by Gasteiger charge is 2.31. The van der Waals surface area contributed by atoms with Gasteiger partial charge in [0.05, 0.1) is 34.4 Å². The molecule has 0 aromatic heterocycles. The van der Waals surface area contributed by atoms with Crippen LogP contribution in [-0.2, 0) is 28.6 Å². The van der Waals surface area contributed by atoms with E-state index in [4.69, 9.17) is 14.2 Å². The third kappa shape index (κ3) is 34.3. The largest absolute Gasteiger partial charge is 0.477 e. The van der Waals surface area contributed by atoms with Crippen LogP contribution in [0.25, 0.3) is 0 Å². The fraction of sp³-hybridized carbons (Fsp3) is 0.630. The molecule has 0 saturated heterocycles. The van der Waals surface area contributed by atoms with E-state index in [0.29, 0.717) is 19.3 Å². The highest BCUT2D eigenvalue weighted by Crippen LogP contribution is 2.11. The Morgan fingerprint density at radius 1 is 0.574 bits per heavy atom. The fourth-order valence-electron chi connectivity index (χ4n) is 5.33. The van der Waals surface area contributed by atoms with E-state index in [0.717, 1.165) is 77.0 Å². The Morgan fingerprint density at radius 2 is 1.07 bits per heavy atom. The third-order valence-electron chi connectivity index (χ3n) is 8.54. The predicted molar refractivity (Wildman–Crippen MR) is 224 cm³/mol. The van der Waals surface area contributed by atoms with Gasteiger partial charge in [-0.3, -0.25) is 9.59 Å². The Kier molecular flexibility index (Phi) is 34.1. The number of ether oxygens (including phenoxy) is 3. The van der Waals surface area contributed by atoms with Crippen molar-refractivity contribution in [2.45, 2.75) is 148 Å². The summed E-state index contributed by atoms with van der Waals surface area (Å²) in [6, 6.07) is -0.632. The van der Waals surface area contributed by atoms with Crippen molar-refractivity contribution in [2.75, 3.05) is 41.0 Å². The van der Waals surface area contributed by atoms with Crippen molar-refractivity contribution in [3.05, 3.63) is 85.1 Å². The minimum absolute atomic E-state index is 0.0231. The maximum absolute atomic E-state index is 12.7. The van der Waals surface area contributed by atoms with Crippen LogP contribution in [0.2, 0.25) is 0 Å². The first kappa shape index (κ1) is 50.5. The van der Waals surface area contributed by atoms with E-state index >= 15 is 0 Å². The number of carbonyl (C=O) groups is 3. The Morgan fingerprint density at radius 3 is 1.61 bits per heavy atom. The number of aliphatic carboxylic acids is 1. The minimum atomic E-state index is -0.892. The number of carboxylic acid groups (broad SMARTS) is 1. The monoisotopic (exact) mass is 755 g/mol. The average Bonchev–Trinajstić information content (AvgIpc) is 3.12. The number of nitrogens with zero attached hydrogens (tertiary/aromatic N) is 1. The Hall–Kier alpha value is -3.49. The van der Waals surface area contributed by atoms with Crippen LogP contribution in [0.4, 0.5) is 0 Å². The van der Waals surface area contributed by atoms with Crippen molar-refractivity contribution in [1.29, 1.82) is 0 Å². The molecule has 0 fully saturated rings. The van der Waals surface area contributed by atoms with Gasteiger partial charge < -0.3 is 23.8 Å². The maximum atomic E-state index is 12.7. The number of hydrogen-bond acceptors (Lipinski definition) is 6. The molecule has 0 aromatic carbocycles. The van der Waals surface area contributed by atoms with Crippen molar-refractivity contribution in [2.24, 2.45) is 0 Å². The minimum Gasteiger partial charge on any atom is -0.477 e. The van der Waals surface area contributed by atoms with E-state index in [-0.39, 0.29) is 36.7 Å². The molecule has 0 heterocycles. The Bertz CT molecular complexity index is 1160. The number of esters is 2. The molecule has 0 aliphatic heterocycles. The van der Waals surface area contributed by atoms with Crippen molar-refractivity contribution >= 4 is 17.9 Å². The molecule has 1 N–H and O–H groups in total. The molecule has 0 radical (unpaired) electrons. The van der Waals surface area contributed by atoms with Gasteiger partial charge in [-0.15, -0.1) is 0 Å². The molecular formula is C46H76NO7+. The number of hydrogen-bond donors (Lipinski definition) is 1. The summed E-state index contributed by atoms with van der Waals surface area (Å²) in [6.45, 7) is 4.46. The van der Waals surface area contributed by atoms with Gasteiger partial charge >= 0.3 is 17.9 Å². The number of likely N-dealkylation sites (N-methyl/N-ethyl adjacent to an activating group) is 1. The van der Waals surface area contributed by atoms with Crippen LogP contribution in [0.1, 0.15) is 136 Å². The zero-order chi connectivity index (χ0) is 40.0. The molecular weight excluding hydrogens is 679 g/mol. The number of rotatable bonds is 35. The average molecular weight is 755 g/mol. The zero-order valence-corrected chi connectivity index (χ0v) is 34.6. The van der Waals surface area contributed by atoms with Gasteiger partial charge in [0.15, 0.2) is 12.1 Å². The van der Waals surface area contributed by atoms with Crippen molar-refractivity contribution < 1.29 is 38.2 Å². The van der Waals surface area contributed by atoms with E-state index in [9.17, 15) is 19.5 Å². The van der Waals surface area contributed by atoms with Gasteiger partial charge in [-0.2, -0.15) is 0 Å². The summed E-state index contributed by atoms with van der Waals surface area (Å²) in [6.07, 6.45) is 46.4. The van der Waals surface area contributed by atoms with E-state index in [1.165, 1.54) is 19.3 Å². The molecule has 8 nitrogen and oxygen atoms in total. The molecule has 0 aliphatic carbocycles. The van der Waals surface area contributed by atoms with Crippen LogP contribution in [0.5, 0.6) is 0 Å². The number of quaternary nitrogens is 1. The van der Waals surface area contributed by atoms with E-state index in [2.05, 4.69) is 86.8 Å². The number of unbranched alkanes of at least 4 members (excludes halogenated alkanes) is 7. The van der Waals surface area contributed by atoms with Crippen molar-refractivity contribution in [3.63, 3.8) is 0 Å². The lowest BCUT2D eigenvalue weighted by molar-refractivity contribution is -0.887. The third-order valence-corrected chi connectivity index (χ3v) is 8.54. The molecule has 2 atom stereocenters. The fourth-order valence-corrected chi connectivity index (χ4v) is 5.33. The molecule has 0 rings (SSSR count). The van der Waals surface area contributed by atoms with Crippen LogP contribution in [0, 0.1) is 0 Å². The van der Waals surface area contributed by atoms with Gasteiger partial charge in [-0.1, -0.05) is 131 Å². The summed E-state index contributed by atoms with van der Waals surface area (Å²) in [4.78, 5) is 36.8. The number of carboxylic acids is 1. The molecule has 0 amide bonds. The normalized spacial score (nSPS) is 13.9. The Balaban J connectivity index is 4.54. The lowest BCUT2D eigenvalue weighted by Gasteiger charge is -2.31. The lowest BCUT2D eigenvalue weighted by Crippen LogP contribution is -2.50. The van der Waals surface area contributed by atoms with Gasteiger partial charge in [0, 0.05) is 19.3 Å². The van der Waals surface area contributed by atoms with Crippen LogP contribution in [0.15, 0.2) is 85.1 Å². The second-order valence-electron chi connectivity index (χ2n) is 14.5. The highest BCUT2D eigenvalue weighted by molar-refractivity contribution is 5.72. The van der Waals surface area contributed by atoms with Gasteiger partial charge in [0.2, 0.25) is 0 Å². The van der Waals surface area contributed by atoms with Gasteiger partial charge in [-0.05, 0) is 70.6 Å². The van der Waals surface area contributed by atoms with Crippen molar-refractivity contribution in [1.82, 2.24) is 0 Å². The molecule has 0 bridgehead atoms. The van der Waals surface area contributed by atoms with Gasteiger partial charge in [-0.25, -0.2) is 4.79 Å². The van der Waals surface area contributed by atoms with Gasteiger partial charge in [0.1, 0.15) is 6.61 Å². The molecule has 306 valence electrons. The second kappa shape index (κ2) is 36.5. The van der Waals surface area contributed by atoms with E-state index < -0.39 is 24.1 Å². The summed E-state index contributed by atoms with van der Waals surface area (Å²) < 4.78 is 17.1. The van der Waals surface area contributed by atoms with Crippen molar-refractivity contribution in [3.8, 4) is 0 Å². The Labute approximate surface area is 329 Å². The first-order valence-electron chi connectivity index (χ1n) is 20.6. The first-order chi connectivity index (χ1) is 26.1. The second-order valence-corrected chi connectivity index (χ2v) is 14.5. The topological polar surface area (TPSA) is 99.1 Å². The van der Waals surface area contributed by atoms with Gasteiger partial charge in [0.25, 0.3) is 0 Å². The maximum Gasteiger partial charge on any atom is 0.362 e. The molecule has 0 aromatic rings. The standard InChI is InChI=1S/C46H75NO7/c1-6-8-10-12-14-16-18-19-20-21-22-23-24-25-27-29-31-33-35-37-45(49)54-42(40-52-39-38-43(46(50)51)47(3,4)5)41-53-44(48)36-34-32-30-28-26-17-15-13-11-9-7-2/h8,10,13-16,19-20,22-23,25,27,31,33,42-43H,6-7,9,11-12,17-18,21,24,26,28-30,32,34-41H2,1-5H3/p+1/b10-8+,15-13+,16-14+,20-19+,23-22+,27-25+,33-31+. The molecule has 0 saturated carbocycles. The number of allylic oxidation sites excluding steroid dienone is 14.